The number of amides is 1. The Balaban J connectivity index is 2.04. The van der Waals surface area contributed by atoms with Gasteiger partial charge in [-0.3, -0.25) is 9.59 Å². The number of thiophene rings is 1. The third kappa shape index (κ3) is 3.77. The lowest BCUT2D eigenvalue weighted by molar-refractivity contribution is -0.153. The van der Waals surface area contributed by atoms with Gasteiger partial charge in [0.2, 0.25) is 5.91 Å². The Morgan fingerprint density at radius 2 is 2.05 bits per heavy atom. The third-order valence-electron chi connectivity index (χ3n) is 4.21. The number of hydrogen-bond acceptors (Lipinski definition) is 3. The Labute approximate surface area is 133 Å². The number of hydrogen-bond donors (Lipinski definition) is 1. The average molecular weight is 330 g/mol. The highest BCUT2D eigenvalue weighted by Gasteiger charge is 2.43. The molecule has 0 spiro atoms. The van der Waals surface area contributed by atoms with Gasteiger partial charge in [0.15, 0.2) is 0 Å². The highest BCUT2D eigenvalue weighted by atomic mass is 35.5. The van der Waals surface area contributed by atoms with Crippen LogP contribution in [0.1, 0.15) is 43.9 Å². The predicted molar refractivity (Wildman–Crippen MR) is 83.6 cm³/mol. The fourth-order valence-electron chi connectivity index (χ4n) is 2.92. The smallest absolute Gasteiger partial charge is 0.310 e. The molecule has 0 aliphatic heterocycles. The number of rotatable bonds is 6. The van der Waals surface area contributed by atoms with Crippen molar-refractivity contribution < 1.29 is 14.7 Å². The second-order valence-electron chi connectivity index (χ2n) is 5.58. The number of carboxylic acid groups (broad SMARTS) is 1. The summed E-state index contributed by atoms with van der Waals surface area (Å²) in [5.41, 5.74) is -0.850. The van der Waals surface area contributed by atoms with Crippen molar-refractivity contribution in [3.8, 4) is 0 Å². The van der Waals surface area contributed by atoms with Crippen LogP contribution in [0.25, 0.3) is 0 Å². The molecule has 1 aromatic rings. The van der Waals surface area contributed by atoms with E-state index in [1.54, 1.807) is 4.90 Å². The first-order valence-corrected chi connectivity index (χ1v) is 8.42. The van der Waals surface area contributed by atoms with E-state index in [9.17, 15) is 14.7 Å². The van der Waals surface area contributed by atoms with Gasteiger partial charge in [-0.25, -0.2) is 0 Å². The van der Waals surface area contributed by atoms with E-state index in [-0.39, 0.29) is 12.3 Å². The first-order valence-electron chi connectivity index (χ1n) is 7.22. The lowest BCUT2D eigenvalue weighted by Crippen LogP contribution is -2.38. The summed E-state index contributed by atoms with van der Waals surface area (Å²) >= 11 is 7.36. The molecule has 21 heavy (non-hydrogen) atoms. The fraction of sp³-hybridized carbons (Fsp3) is 0.600. The summed E-state index contributed by atoms with van der Waals surface area (Å²) in [6.45, 7) is 2.99. The zero-order chi connectivity index (χ0) is 15.5. The topological polar surface area (TPSA) is 57.6 Å². The molecule has 1 aliphatic carbocycles. The summed E-state index contributed by atoms with van der Waals surface area (Å²) in [6, 6.07) is 3.72. The molecule has 0 unspecified atom stereocenters. The summed E-state index contributed by atoms with van der Waals surface area (Å²) in [7, 11) is 0. The van der Waals surface area contributed by atoms with Crippen molar-refractivity contribution in [1.82, 2.24) is 4.90 Å². The maximum Gasteiger partial charge on any atom is 0.310 e. The van der Waals surface area contributed by atoms with Crippen molar-refractivity contribution in [2.24, 2.45) is 5.41 Å². The molecular formula is C15H20ClNO3S. The number of halogens is 1. The number of carboxylic acids is 1. The van der Waals surface area contributed by atoms with E-state index in [1.165, 1.54) is 11.3 Å². The molecule has 0 radical (unpaired) electrons. The molecule has 6 heteroatoms. The maximum absolute atomic E-state index is 12.5. The van der Waals surface area contributed by atoms with Gasteiger partial charge < -0.3 is 10.0 Å². The quantitative estimate of drug-likeness (QED) is 0.864. The van der Waals surface area contributed by atoms with Gasteiger partial charge in [-0.15, -0.1) is 11.3 Å². The van der Waals surface area contributed by atoms with Crippen molar-refractivity contribution in [2.75, 3.05) is 6.54 Å². The zero-order valence-electron chi connectivity index (χ0n) is 12.1. The normalized spacial score (nSPS) is 16.9. The molecule has 0 aromatic carbocycles. The van der Waals surface area contributed by atoms with E-state index >= 15 is 0 Å². The van der Waals surface area contributed by atoms with Gasteiger partial charge in [-0.05, 0) is 31.9 Å². The molecule has 0 bridgehead atoms. The molecule has 1 saturated carbocycles. The lowest BCUT2D eigenvalue weighted by atomic mass is 9.82. The summed E-state index contributed by atoms with van der Waals surface area (Å²) in [4.78, 5) is 26.8. The van der Waals surface area contributed by atoms with Crippen LogP contribution in [0.4, 0.5) is 0 Å². The van der Waals surface area contributed by atoms with Gasteiger partial charge in [0.1, 0.15) is 0 Å². The van der Waals surface area contributed by atoms with Crippen molar-refractivity contribution in [3.63, 3.8) is 0 Å². The minimum Gasteiger partial charge on any atom is -0.481 e. The molecule has 1 aliphatic rings. The Bertz CT molecular complexity index is 523. The molecule has 1 heterocycles. The molecule has 1 N–H and O–H groups in total. The zero-order valence-corrected chi connectivity index (χ0v) is 13.7. The number of aliphatic carboxylic acids is 1. The first-order chi connectivity index (χ1) is 9.97. The van der Waals surface area contributed by atoms with Gasteiger partial charge >= 0.3 is 5.97 Å². The Morgan fingerprint density at radius 3 is 2.52 bits per heavy atom. The Hall–Kier alpha value is -1.07. The molecule has 2 rings (SSSR count). The van der Waals surface area contributed by atoms with Crippen LogP contribution < -0.4 is 0 Å². The van der Waals surface area contributed by atoms with Crippen LogP contribution in [0.2, 0.25) is 4.34 Å². The van der Waals surface area contributed by atoms with Crippen LogP contribution in [-0.2, 0) is 16.1 Å². The maximum atomic E-state index is 12.5. The van der Waals surface area contributed by atoms with E-state index in [0.29, 0.717) is 30.3 Å². The first kappa shape index (κ1) is 16.3. The minimum absolute atomic E-state index is 0.0775. The molecule has 1 fully saturated rings. The summed E-state index contributed by atoms with van der Waals surface area (Å²) in [6.07, 6.45) is 3.11. The van der Waals surface area contributed by atoms with Gasteiger partial charge in [0.05, 0.1) is 16.3 Å². The van der Waals surface area contributed by atoms with Gasteiger partial charge in [-0.2, -0.15) is 0 Å². The third-order valence-corrected chi connectivity index (χ3v) is 5.43. The molecule has 4 nitrogen and oxygen atoms in total. The number of nitrogens with zero attached hydrogens (tertiary/aromatic N) is 1. The molecule has 0 atom stereocenters. The van der Waals surface area contributed by atoms with E-state index < -0.39 is 11.4 Å². The van der Waals surface area contributed by atoms with Crippen LogP contribution >= 0.6 is 22.9 Å². The monoisotopic (exact) mass is 329 g/mol. The highest BCUT2D eigenvalue weighted by molar-refractivity contribution is 7.16. The second-order valence-corrected chi connectivity index (χ2v) is 7.38. The van der Waals surface area contributed by atoms with Crippen molar-refractivity contribution in [2.45, 2.75) is 45.6 Å². The van der Waals surface area contributed by atoms with Gasteiger partial charge in [0.25, 0.3) is 0 Å². The van der Waals surface area contributed by atoms with Crippen LogP contribution in [-0.4, -0.2) is 28.4 Å². The van der Waals surface area contributed by atoms with E-state index in [0.717, 1.165) is 17.7 Å². The number of carbonyl (C=O) groups is 2. The van der Waals surface area contributed by atoms with Crippen molar-refractivity contribution >= 4 is 34.8 Å². The largest absolute Gasteiger partial charge is 0.481 e. The highest BCUT2D eigenvalue weighted by Crippen LogP contribution is 2.41. The molecule has 116 valence electrons. The minimum atomic E-state index is -0.850. The molecule has 1 amide bonds. The van der Waals surface area contributed by atoms with Gasteiger partial charge in [-0.1, -0.05) is 24.4 Å². The van der Waals surface area contributed by atoms with E-state index in [4.69, 9.17) is 11.6 Å². The Kier molecular flexibility index (Phi) is 5.27. The SMILES string of the molecule is CCN(Cc1ccc(Cl)s1)C(=O)CC1(C(=O)O)CCCC1. The van der Waals surface area contributed by atoms with Crippen LogP contribution in [0.15, 0.2) is 12.1 Å². The predicted octanol–water partition coefficient (Wildman–Crippen LogP) is 3.79. The lowest BCUT2D eigenvalue weighted by Gasteiger charge is -2.27. The Morgan fingerprint density at radius 1 is 1.38 bits per heavy atom. The van der Waals surface area contributed by atoms with E-state index in [1.807, 2.05) is 19.1 Å². The molecule has 0 saturated heterocycles. The van der Waals surface area contributed by atoms with E-state index in [2.05, 4.69) is 0 Å². The molecule has 1 aromatic heterocycles. The second kappa shape index (κ2) is 6.79. The van der Waals surface area contributed by atoms with Crippen molar-refractivity contribution in [1.29, 1.82) is 0 Å². The van der Waals surface area contributed by atoms with Crippen LogP contribution in [0.5, 0.6) is 0 Å². The summed E-state index contributed by atoms with van der Waals surface area (Å²) in [5.74, 6) is -0.908. The fourth-order valence-corrected chi connectivity index (χ4v) is 4.02. The average Bonchev–Trinajstić information content (AvgIpc) is 3.06. The van der Waals surface area contributed by atoms with Crippen molar-refractivity contribution in [3.05, 3.63) is 21.3 Å². The standard InChI is InChI=1S/C15H20ClNO3S/c1-2-17(10-11-5-6-12(16)21-11)13(18)9-15(14(19)20)7-3-4-8-15/h5-6H,2-4,7-10H2,1H3,(H,19,20). The van der Waals surface area contributed by atoms with Crippen LogP contribution in [0, 0.1) is 5.41 Å². The number of carbonyl (C=O) groups excluding carboxylic acids is 1. The van der Waals surface area contributed by atoms with Crippen LogP contribution in [0.3, 0.4) is 0 Å². The molecular weight excluding hydrogens is 310 g/mol. The van der Waals surface area contributed by atoms with Gasteiger partial charge in [0, 0.05) is 17.8 Å². The summed E-state index contributed by atoms with van der Waals surface area (Å²) < 4.78 is 0.700. The summed E-state index contributed by atoms with van der Waals surface area (Å²) in [5, 5.41) is 9.47.